The maximum atomic E-state index is 10.9. The highest BCUT2D eigenvalue weighted by Gasteiger charge is 2.25. The molecule has 5 heteroatoms. The normalized spacial score (nSPS) is 16.5. The van der Waals surface area contributed by atoms with Gasteiger partial charge in [0.25, 0.3) is 0 Å². The highest BCUT2D eigenvalue weighted by Crippen LogP contribution is 2.35. The zero-order valence-corrected chi connectivity index (χ0v) is 9.93. The van der Waals surface area contributed by atoms with Gasteiger partial charge in [-0.2, -0.15) is 0 Å². The van der Waals surface area contributed by atoms with E-state index in [2.05, 4.69) is 17.2 Å². The molecule has 1 atom stereocenters. The van der Waals surface area contributed by atoms with Crippen molar-refractivity contribution < 1.29 is 4.92 Å². The second-order valence-corrected chi connectivity index (χ2v) is 4.58. The second-order valence-electron chi connectivity index (χ2n) is 4.58. The molecule has 1 aliphatic carbocycles. The van der Waals surface area contributed by atoms with E-state index in [4.69, 9.17) is 0 Å². The summed E-state index contributed by atoms with van der Waals surface area (Å²) in [7, 11) is 0. The van der Waals surface area contributed by atoms with Crippen LogP contribution in [0.3, 0.4) is 0 Å². The van der Waals surface area contributed by atoms with Gasteiger partial charge in [0.2, 0.25) is 0 Å². The van der Waals surface area contributed by atoms with Crippen molar-refractivity contribution in [2.45, 2.75) is 38.6 Å². The summed E-state index contributed by atoms with van der Waals surface area (Å²) >= 11 is 0. The summed E-state index contributed by atoms with van der Waals surface area (Å²) in [5.74, 6) is 0.813. The number of aromatic nitrogens is 1. The molecule has 1 aromatic heterocycles. The smallest absolute Gasteiger partial charge is 0.310 e. The number of anilines is 1. The molecule has 0 saturated heterocycles. The SMILES string of the molecule is CCC(CC1CC1)Nc1ccncc1[N+](=O)[O-]. The minimum absolute atomic E-state index is 0.0572. The Morgan fingerprint density at radius 1 is 1.65 bits per heavy atom. The lowest BCUT2D eigenvalue weighted by atomic mass is 10.1. The van der Waals surface area contributed by atoms with Gasteiger partial charge < -0.3 is 5.32 Å². The fourth-order valence-corrected chi connectivity index (χ4v) is 1.96. The van der Waals surface area contributed by atoms with Gasteiger partial charge in [-0.05, 0) is 24.8 Å². The summed E-state index contributed by atoms with van der Waals surface area (Å²) < 4.78 is 0. The molecule has 92 valence electrons. The van der Waals surface area contributed by atoms with E-state index < -0.39 is 0 Å². The molecule has 0 spiro atoms. The van der Waals surface area contributed by atoms with Gasteiger partial charge in [-0.1, -0.05) is 19.8 Å². The molecule has 1 unspecified atom stereocenters. The van der Waals surface area contributed by atoms with Crippen molar-refractivity contribution in [1.82, 2.24) is 4.98 Å². The van der Waals surface area contributed by atoms with E-state index in [-0.39, 0.29) is 10.6 Å². The van der Waals surface area contributed by atoms with Gasteiger partial charge in [-0.3, -0.25) is 15.1 Å². The van der Waals surface area contributed by atoms with Crippen LogP contribution in [-0.2, 0) is 0 Å². The number of nitro groups is 1. The first-order valence-electron chi connectivity index (χ1n) is 6.05. The average Bonchev–Trinajstić information content (AvgIpc) is 3.12. The van der Waals surface area contributed by atoms with Crippen LogP contribution in [0, 0.1) is 16.0 Å². The van der Waals surface area contributed by atoms with Gasteiger partial charge >= 0.3 is 5.69 Å². The number of pyridine rings is 1. The number of hydrogen-bond donors (Lipinski definition) is 1. The first-order valence-corrected chi connectivity index (χ1v) is 6.05. The molecule has 2 rings (SSSR count). The standard InChI is InChI=1S/C12H17N3O2/c1-2-10(7-9-3-4-9)14-11-5-6-13-8-12(11)15(16)17/h5-6,8-10H,2-4,7H2,1H3,(H,13,14). The third-order valence-corrected chi connectivity index (χ3v) is 3.16. The minimum atomic E-state index is -0.390. The van der Waals surface area contributed by atoms with Gasteiger partial charge in [0, 0.05) is 12.2 Å². The molecule has 1 heterocycles. The Morgan fingerprint density at radius 2 is 2.41 bits per heavy atom. The Labute approximate surface area is 100 Å². The van der Waals surface area contributed by atoms with E-state index in [1.54, 1.807) is 12.3 Å². The van der Waals surface area contributed by atoms with Crippen LogP contribution in [0.1, 0.15) is 32.6 Å². The topological polar surface area (TPSA) is 68.1 Å². The number of rotatable bonds is 6. The molecular formula is C12H17N3O2. The quantitative estimate of drug-likeness (QED) is 0.608. The van der Waals surface area contributed by atoms with Crippen molar-refractivity contribution in [3.8, 4) is 0 Å². The molecule has 1 fully saturated rings. The van der Waals surface area contributed by atoms with E-state index in [0.29, 0.717) is 11.7 Å². The average molecular weight is 235 g/mol. The fourth-order valence-electron chi connectivity index (χ4n) is 1.96. The van der Waals surface area contributed by atoms with Crippen LogP contribution < -0.4 is 5.32 Å². The Bertz CT molecular complexity index is 404. The minimum Gasteiger partial charge on any atom is -0.377 e. The van der Waals surface area contributed by atoms with Gasteiger partial charge in [0.15, 0.2) is 0 Å². The molecule has 1 N–H and O–H groups in total. The van der Waals surface area contributed by atoms with Crippen LogP contribution in [0.2, 0.25) is 0 Å². The van der Waals surface area contributed by atoms with Crippen LogP contribution >= 0.6 is 0 Å². The van der Waals surface area contributed by atoms with Crippen LogP contribution in [0.5, 0.6) is 0 Å². The second kappa shape index (κ2) is 5.12. The van der Waals surface area contributed by atoms with E-state index in [0.717, 1.165) is 18.8 Å². The summed E-state index contributed by atoms with van der Waals surface area (Å²) in [5, 5.41) is 14.1. The van der Waals surface area contributed by atoms with Gasteiger partial charge in [0.05, 0.1) is 4.92 Å². The van der Waals surface area contributed by atoms with Crippen molar-refractivity contribution in [1.29, 1.82) is 0 Å². The maximum Gasteiger partial charge on any atom is 0.310 e. The van der Waals surface area contributed by atoms with Crippen LogP contribution in [0.25, 0.3) is 0 Å². The van der Waals surface area contributed by atoms with Crippen molar-refractivity contribution in [3.05, 3.63) is 28.6 Å². The monoisotopic (exact) mass is 235 g/mol. The molecule has 0 radical (unpaired) electrons. The number of nitrogens with one attached hydrogen (secondary N) is 1. The molecule has 0 aromatic carbocycles. The first-order chi connectivity index (χ1) is 8.20. The molecule has 0 amide bonds. The molecule has 5 nitrogen and oxygen atoms in total. The largest absolute Gasteiger partial charge is 0.377 e. The van der Waals surface area contributed by atoms with Crippen LogP contribution in [-0.4, -0.2) is 15.9 Å². The van der Waals surface area contributed by atoms with Gasteiger partial charge in [-0.25, -0.2) is 0 Å². The van der Waals surface area contributed by atoms with E-state index >= 15 is 0 Å². The predicted octanol–water partition coefficient (Wildman–Crippen LogP) is 2.98. The summed E-state index contributed by atoms with van der Waals surface area (Å²) in [6.07, 6.45) is 7.57. The highest BCUT2D eigenvalue weighted by atomic mass is 16.6. The van der Waals surface area contributed by atoms with Gasteiger partial charge in [0.1, 0.15) is 11.9 Å². The lowest BCUT2D eigenvalue weighted by Gasteiger charge is -2.17. The summed E-state index contributed by atoms with van der Waals surface area (Å²) in [6, 6.07) is 2.00. The Balaban J connectivity index is 2.07. The van der Waals surface area contributed by atoms with E-state index in [1.807, 2.05) is 0 Å². The molecule has 0 aliphatic heterocycles. The summed E-state index contributed by atoms with van der Waals surface area (Å²) in [4.78, 5) is 14.3. The predicted molar refractivity (Wildman–Crippen MR) is 65.9 cm³/mol. The maximum absolute atomic E-state index is 10.9. The molecule has 1 aromatic rings. The molecular weight excluding hydrogens is 218 g/mol. The number of hydrogen-bond acceptors (Lipinski definition) is 4. The molecule has 17 heavy (non-hydrogen) atoms. The summed E-state index contributed by atoms with van der Waals surface area (Å²) in [5.41, 5.74) is 0.638. The van der Waals surface area contributed by atoms with Crippen molar-refractivity contribution in [2.75, 3.05) is 5.32 Å². The fraction of sp³-hybridized carbons (Fsp3) is 0.583. The Hall–Kier alpha value is -1.65. The lowest BCUT2D eigenvalue weighted by molar-refractivity contribution is -0.384. The van der Waals surface area contributed by atoms with Gasteiger partial charge in [-0.15, -0.1) is 0 Å². The third kappa shape index (κ3) is 3.15. The summed E-state index contributed by atoms with van der Waals surface area (Å²) in [6.45, 7) is 2.10. The molecule has 1 saturated carbocycles. The van der Waals surface area contributed by atoms with Crippen LogP contribution in [0.4, 0.5) is 11.4 Å². The van der Waals surface area contributed by atoms with E-state index in [1.165, 1.54) is 19.0 Å². The van der Waals surface area contributed by atoms with Crippen molar-refractivity contribution >= 4 is 11.4 Å². The third-order valence-electron chi connectivity index (χ3n) is 3.16. The first kappa shape index (κ1) is 11.8. The van der Waals surface area contributed by atoms with Crippen molar-refractivity contribution in [2.24, 2.45) is 5.92 Å². The van der Waals surface area contributed by atoms with Crippen LogP contribution in [0.15, 0.2) is 18.5 Å². The zero-order valence-electron chi connectivity index (χ0n) is 9.93. The van der Waals surface area contributed by atoms with E-state index in [9.17, 15) is 10.1 Å². The molecule has 1 aliphatic rings. The number of nitrogens with zero attached hydrogens (tertiary/aromatic N) is 2. The lowest BCUT2D eigenvalue weighted by Crippen LogP contribution is -2.19. The molecule has 0 bridgehead atoms. The Morgan fingerprint density at radius 3 is 3.00 bits per heavy atom. The Kier molecular flexibility index (Phi) is 3.56. The van der Waals surface area contributed by atoms with Crippen molar-refractivity contribution in [3.63, 3.8) is 0 Å². The highest BCUT2D eigenvalue weighted by molar-refractivity contribution is 5.60. The zero-order chi connectivity index (χ0) is 12.3.